The highest BCUT2D eigenvalue weighted by Gasteiger charge is 2.22. The van der Waals surface area contributed by atoms with E-state index in [2.05, 4.69) is 60.2 Å². The second-order valence-corrected chi connectivity index (χ2v) is 5.37. The highest BCUT2D eigenvalue weighted by atomic mass is 15.3. The molecule has 0 bridgehead atoms. The van der Waals surface area contributed by atoms with E-state index in [1.165, 1.54) is 17.8 Å². The fraction of sp³-hybridized carbons (Fsp3) is 0.625. The van der Waals surface area contributed by atoms with Gasteiger partial charge in [-0.15, -0.1) is 0 Å². The standard InChI is InChI=1S/C16H27N3/c1-4-17-12-15-6-8-16(9-7-15)19-11-10-18(5-2)14(3)13-19/h6-9,14,17H,4-5,10-13H2,1-3H3. The average Bonchev–Trinajstić information content (AvgIpc) is 2.45. The Morgan fingerprint density at radius 3 is 2.47 bits per heavy atom. The lowest BCUT2D eigenvalue weighted by Gasteiger charge is -2.40. The lowest BCUT2D eigenvalue weighted by molar-refractivity contribution is 0.199. The number of likely N-dealkylation sites (N-methyl/N-ethyl adjacent to an activating group) is 1. The topological polar surface area (TPSA) is 18.5 Å². The van der Waals surface area contributed by atoms with E-state index < -0.39 is 0 Å². The van der Waals surface area contributed by atoms with Crippen LogP contribution in [0.1, 0.15) is 26.3 Å². The summed E-state index contributed by atoms with van der Waals surface area (Å²) >= 11 is 0. The van der Waals surface area contributed by atoms with Crippen LogP contribution >= 0.6 is 0 Å². The molecule has 1 fully saturated rings. The molecule has 3 heteroatoms. The van der Waals surface area contributed by atoms with Crippen LogP contribution in [0.3, 0.4) is 0 Å². The van der Waals surface area contributed by atoms with Crippen LogP contribution in [0.4, 0.5) is 5.69 Å². The first-order valence-corrected chi connectivity index (χ1v) is 7.53. The maximum absolute atomic E-state index is 3.36. The number of benzene rings is 1. The molecule has 0 aliphatic carbocycles. The Kier molecular flexibility index (Phi) is 5.23. The van der Waals surface area contributed by atoms with Gasteiger partial charge in [-0.2, -0.15) is 0 Å². The van der Waals surface area contributed by atoms with Crippen molar-refractivity contribution in [2.75, 3.05) is 37.6 Å². The maximum Gasteiger partial charge on any atom is 0.0367 e. The summed E-state index contributed by atoms with van der Waals surface area (Å²) in [7, 11) is 0. The van der Waals surface area contributed by atoms with Crippen LogP contribution in [0.2, 0.25) is 0 Å². The van der Waals surface area contributed by atoms with Gasteiger partial charge in [0.05, 0.1) is 0 Å². The summed E-state index contributed by atoms with van der Waals surface area (Å²) in [6.45, 7) is 13.3. The zero-order chi connectivity index (χ0) is 13.7. The van der Waals surface area contributed by atoms with E-state index in [-0.39, 0.29) is 0 Å². The minimum atomic E-state index is 0.653. The fourth-order valence-electron chi connectivity index (χ4n) is 2.79. The van der Waals surface area contributed by atoms with E-state index in [0.29, 0.717) is 6.04 Å². The first-order valence-electron chi connectivity index (χ1n) is 7.53. The van der Waals surface area contributed by atoms with Crippen LogP contribution in [-0.2, 0) is 6.54 Å². The Hall–Kier alpha value is -1.06. The molecule has 0 aromatic heterocycles. The molecule has 0 amide bonds. The third-order valence-corrected chi connectivity index (χ3v) is 4.05. The Morgan fingerprint density at radius 2 is 1.89 bits per heavy atom. The Morgan fingerprint density at radius 1 is 1.16 bits per heavy atom. The van der Waals surface area contributed by atoms with Gasteiger partial charge >= 0.3 is 0 Å². The SMILES string of the molecule is CCNCc1ccc(N2CCN(CC)C(C)C2)cc1. The van der Waals surface area contributed by atoms with Gasteiger partial charge in [-0.05, 0) is 37.7 Å². The summed E-state index contributed by atoms with van der Waals surface area (Å²) in [5.41, 5.74) is 2.73. The van der Waals surface area contributed by atoms with Gasteiger partial charge in [-0.3, -0.25) is 4.90 Å². The van der Waals surface area contributed by atoms with Crippen molar-refractivity contribution >= 4 is 5.69 Å². The van der Waals surface area contributed by atoms with Crippen molar-refractivity contribution in [1.29, 1.82) is 0 Å². The third kappa shape index (κ3) is 3.71. The van der Waals surface area contributed by atoms with Crippen LogP contribution in [0, 0.1) is 0 Å². The van der Waals surface area contributed by atoms with E-state index in [1.54, 1.807) is 0 Å². The molecule has 1 aliphatic rings. The lowest BCUT2D eigenvalue weighted by atomic mass is 10.1. The van der Waals surface area contributed by atoms with Gasteiger partial charge in [0.15, 0.2) is 0 Å². The van der Waals surface area contributed by atoms with Crippen LogP contribution in [0.5, 0.6) is 0 Å². The molecular weight excluding hydrogens is 234 g/mol. The van der Waals surface area contributed by atoms with Gasteiger partial charge in [0.25, 0.3) is 0 Å². The summed E-state index contributed by atoms with van der Waals surface area (Å²) < 4.78 is 0. The number of rotatable bonds is 5. The van der Waals surface area contributed by atoms with Crippen LogP contribution < -0.4 is 10.2 Å². The van der Waals surface area contributed by atoms with E-state index in [1.807, 2.05) is 0 Å². The van der Waals surface area contributed by atoms with Crippen molar-refractivity contribution in [1.82, 2.24) is 10.2 Å². The number of hydrogen-bond donors (Lipinski definition) is 1. The van der Waals surface area contributed by atoms with Gasteiger partial charge in [-0.1, -0.05) is 26.0 Å². The van der Waals surface area contributed by atoms with Crippen molar-refractivity contribution < 1.29 is 0 Å². The van der Waals surface area contributed by atoms with Gasteiger partial charge in [0.2, 0.25) is 0 Å². The zero-order valence-corrected chi connectivity index (χ0v) is 12.5. The smallest absolute Gasteiger partial charge is 0.0367 e. The minimum Gasteiger partial charge on any atom is -0.369 e. The van der Waals surface area contributed by atoms with Crippen LogP contribution in [-0.4, -0.2) is 43.7 Å². The number of hydrogen-bond acceptors (Lipinski definition) is 3. The Balaban J connectivity index is 1.95. The van der Waals surface area contributed by atoms with E-state index in [9.17, 15) is 0 Å². The van der Waals surface area contributed by atoms with Gasteiger partial charge in [-0.25, -0.2) is 0 Å². The molecule has 1 heterocycles. The molecule has 2 rings (SSSR count). The molecule has 3 nitrogen and oxygen atoms in total. The largest absolute Gasteiger partial charge is 0.369 e. The normalized spacial score (nSPS) is 20.8. The number of nitrogens with zero attached hydrogens (tertiary/aromatic N) is 2. The first-order chi connectivity index (χ1) is 9.24. The van der Waals surface area contributed by atoms with Gasteiger partial charge in [0.1, 0.15) is 0 Å². The van der Waals surface area contributed by atoms with Crippen molar-refractivity contribution in [2.45, 2.75) is 33.4 Å². The van der Waals surface area contributed by atoms with E-state index in [4.69, 9.17) is 0 Å². The molecule has 0 spiro atoms. The molecule has 1 unspecified atom stereocenters. The lowest BCUT2D eigenvalue weighted by Crippen LogP contribution is -2.51. The average molecular weight is 261 g/mol. The zero-order valence-electron chi connectivity index (χ0n) is 12.5. The highest BCUT2D eigenvalue weighted by molar-refractivity contribution is 5.48. The summed E-state index contributed by atoms with van der Waals surface area (Å²) in [4.78, 5) is 5.06. The predicted molar refractivity (Wildman–Crippen MR) is 82.7 cm³/mol. The molecule has 0 radical (unpaired) electrons. The van der Waals surface area contributed by atoms with E-state index >= 15 is 0 Å². The Bertz CT molecular complexity index is 374. The molecule has 1 N–H and O–H groups in total. The number of anilines is 1. The van der Waals surface area contributed by atoms with Gasteiger partial charge < -0.3 is 10.2 Å². The van der Waals surface area contributed by atoms with Crippen LogP contribution in [0.15, 0.2) is 24.3 Å². The molecule has 1 saturated heterocycles. The molecule has 19 heavy (non-hydrogen) atoms. The molecule has 1 aliphatic heterocycles. The maximum atomic E-state index is 3.36. The van der Waals surface area contributed by atoms with Crippen molar-refractivity contribution in [3.8, 4) is 0 Å². The molecule has 106 valence electrons. The first kappa shape index (κ1) is 14.4. The summed E-state index contributed by atoms with van der Waals surface area (Å²) in [6, 6.07) is 9.67. The number of piperazine rings is 1. The second-order valence-electron chi connectivity index (χ2n) is 5.37. The van der Waals surface area contributed by atoms with Gasteiger partial charge in [0, 0.05) is 37.9 Å². The van der Waals surface area contributed by atoms with E-state index in [0.717, 1.165) is 32.7 Å². The summed E-state index contributed by atoms with van der Waals surface area (Å²) in [5.74, 6) is 0. The summed E-state index contributed by atoms with van der Waals surface area (Å²) in [5, 5.41) is 3.36. The van der Waals surface area contributed by atoms with Crippen LogP contribution in [0.25, 0.3) is 0 Å². The monoisotopic (exact) mass is 261 g/mol. The van der Waals surface area contributed by atoms with Crippen molar-refractivity contribution in [3.05, 3.63) is 29.8 Å². The highest BCUT2D eigenvalue weighted by Crippen LogP contribution is 2.19. The fourth-order valence-corrected chi connectivity index (χ4v) is 2.79. The molecule has 0 saturated carbocycles. The molecule has 1 aromatic carbocycles. The minimum absolute atomic E-state index is 0.653. The Labute approximate surface area is 117 Å². The third-order valence-electron chi connectivity index (χ3n) is 4.05. The molecule has 1 aromatic rings. The predicted octanol–water partition coefficient (Wildman–Crippen LogP) is 2.33. The van der Waals surface area contributed by atoms with Crippen molar-refractivity contribution in [3.63, 3.8) is 0 Å². The molecule has 1 atom stereocenters. The van der Waals surface area contributed by atoms with Crippen molar-refractivity contribution in [2.24, 2.45) is 0 Å². The molecular formula is C16H27N3. The summed E-state index contributed by atoms with van der Waals surface area (Å²) in [6.07, 6.45) is 0. The number of nitrogens with one attached hydrogen (secondary N) is 1. The quantitative estimate of drug-likeness (QED) is 0.877. The second kappa shape index (κ2) is 6.92.